The molecule has 0 radical (unpaired) electrons. The van der Waals surface area contributed by atoms with Gasteiger partial charge in [-0.3, -0.25) is 14.7 Å². The molecule has 0 atom stereocenters. The number of aromatic amines is 1. The van der Waals surface area contributed by atoms with Crippen LogP contribution in [0.25, 0.3) is 27.7 Å². The molecule has 8 nitrogen and oxygen atoms in total. The van der Waals surface area contributed by atoms with E-state index in [9.17, 15) is 9.59 Å². The zero-order chi connectivity index (χ0) is 28.3. The quantitative estimate of drug-likeness (QED) is 0.245. The maximum Gasteiger partial charge on any atom is 0.299 e. The molecular formula is C33H32N6O2. The summed E-state index contributed by atoms with van der Waals surface area (Å²) in [6, 6.07) is 31.1. The third kappa shape index (κ3) is 5.47. The van der Waals surface area contributed by atoms with Crippen molar-refractivity contribution in [3.05, 3.63) is 113 Å². The van der Waals surface area contributed by atoms with Crippen LogP contribution in [0.2, 0.25) is 0 Å². The highest BCUT2D eigenvalue weighted by molar-refractivity contribution is 5.94. The number of azo groups is 1. The van der Waals surface area contributed by atoms with Gasteiger partial charge in [-0.15, -0.1) is 5.11 Å². The number of piperidine rings is 1. The molecule has 2 heterocycles. The zero-order valence-corrected chi connectivity index (χ0v) is 23.2. The third-order valence-electron chi connectivity index (χ3n) is 7.78. The van der Waals surface area contributed by atoms with Crippen LogP contribution in [0.15, 0.2) is 112 Å². The SMILES string of the molecule is CN(C)C1CCN(C(=O)c2ccc(-n3[nH]c(-c4ccccc4)c(N=Nc4ccc5ccccc5c4)c3=O)cc2)CC1. The Balaban J connectivity index is 1.30. The van der Waals surface area contributed by atoms with E-state index in [-0.39, 0.29) is 17.2 Å². The summed E-state index contributed by atoms with van der Waals surface area (Å²) in [5.41, 5.74) is 3.17. The van der Waals surface area contributed by atoms with Crippen LogP contribution >= 0.6 is 0 Å². The van der Waals surface area contributed by atoms with Crippen LogP contribution in [0.5, 0.6) is 0 Å². The molecule has 0 unspecified atom stereocenters. The third-order valence-corrected chi connectivity index (χ3v) is 7.78. The van der Waals surface area contributed by atoms with Crippen molar-refractivity contribution in [1.82, 2.24) is 19.6 Å². The van der Waals surface area contributed by atoms with Crippen LogP contribution in [0.4, 0.5) is 11.4 Å². The summed E-state index contributed by atoms with van der Waals surface area (Å²) in [7, 11) is 4.17. The Morgan fingerprint density at radius 3 is 2.22 bits per heavy atom. The van der Waals surface area contributed by atoms with Gasteiger partial charge in [0.25, 0.3) is 11.5 Å². The molecule has 0 saturated carbocycles. The molecule has 206 valence electrons. The van der Waals surface area contributed by atoms with E-state index in [0.717, 1.165) is 42.3 Å². The first-order valence-corrected chi connectivity index (χ1v) is 13.8. The highest BCUT2D eigenvalue weighted by Gasteiger charge is 2.25. The lowest BCUT2D eigenvalue weighted by Gasteiger charge is -2.35. The Kier molecular flexibility index (Phi) is 7.31. The van der Waals surface area contributed by atoms with Crippen molar-refractivity contribution in [2.24, 2.45) is 10.2 Å². The van der Waals surface area contributed by atoms with Gasteiger partial charge in [0.2, 0.25) is 0 Å². The summed E-state index contributed by atoms with van der Waals surface area (Å²) in [6.07, 6.45) is 1.93. The van der Waals surface area contributed by atoms with Gasteiger partial charge in [-0.1, -0.05) is 60.7 Å². The molecule has 8 heteroatoms. The molecule has 1 saturated heterocycles. The summed E-state index contributed by atoms with van der Waals surface area (Å²) >= 11 is 0. The lowest BCUT2D eigenvalue weighted by Crippen LogP contribution is -2.44. The van der Waals surface area contributed by atoms with Crippen molar-refractivity contribution in [3.8, 4) is 16.9 Å². The summed E-state index contributed by atoms with van der Waals surface area (Å²) < 4.78 is 1.45. The van der Waals surface area contributed by atoms with E-state index in [0.29, 0.717) is 28.7 Å². The first-order valence-electron chi connectivity index (χ1n) is 13.8. The van der Waals surface area contributed by atoms with E-state index in [4.69, 9.17) is 0 Å². The van der Waals surface area contributed by atoms with Gasteiger partial charge >= 0.3 is 0 Å². The largest absolute Gasteiger partial charge is 0.339 e. The molecule has 1 N–H and O–H groups in total. The zero-order valence-electron chi connectivity index (χ0n) is 23.2. The van der Waals surface area contributed by atoms with Crippen LogP contribution in [0.1, 0.15) is 23.2 Å². The summed E-state index contributed by atoms with van der Waals surface area (Å²) in [6.45, 7) is 1.48. The molecule has 1 amide bonds. The predicted molar refractivity (Wildman–Crippen MR) is 163 cm³/mol. The van der Waals surface area contributed by atoms with Crippen molar-refractivity contribution >= 4 is 28.1 Å². The van der Waals surface area contributed by atoms with Crippen LogP contribution in [-0.2, 0) is 0 Å². The van der Waals surface area contributed by atoms with E-state index in [2.05, 4.69) is 34.3 Å². The highest BCUT2D eigenvalue weighted by Crippen LogP contribution is 2.29. The monoisotopic (exact) mass is 544 g/mol. The van der Waals surface area contributed by atoms with Gasteiger partial charge in [0.05, 0.1) is 17.1 Å². The standard InChI is InChI=1S/C33H32N6O2/c1-37(2)28-18-20-38(21-19-28)32(40)25-13-16-29(17-14-25)39-33(41)31(30(36-39)24-9-4-3-5-10-24)35-34-27-15-12-23-8-6-7-11-26(23)22-27/h3-17,22,28,36H,18-21H2,1-2H3. The maximum atomic E-state index is 13.6. The number of amides is 1. The fraction of sp³-hybridized carbons (Fsp3) is 0.212. The normalized spacial score (nSPS) is 14.4. The number of H-pyrrole nitrogens is 1. The Labute approximate surface area is 238 Å². The van der Waals surface area contributed by atoms with E-state index in [1.54, 1.807) is 24.3 Å². The van der Waals surface area contributed by atoms with Gasteiger partial charge in [0, 0.05) is 30.3 Å². The lowest BCUT2D eigenvalue weighted by atomic mass is 10.0. The molecule has 41 heavy (non-hydrogen) atoms. The van der Waals surface area contributed by atoms with E-state index in [1.165, 1.54) is 4.68 Å². The highest BCUT2D eigenvalue weighted by atomic mass is 16.2. The first-order chi connectivity index (χ1) is 20.0. The maximum absolute atomic E-state index is 13.6. The van der Waals surface area contributed by atoms with Crippen molar-refractivity contribution < 1.29 is 4.79 Å². The second kappa shape index (κ2) is 11.3. The van der Waals surface area contributed by atoms with Crippen LogP contribution in [0, 0.1) is 0 Å². The molecule has 0 aliphatic carbocycles. The van der Waals surface area contributed by atoms with Crippen LogP contribution in [0.3, 0.4) is 0 Å². The molecule has 1 aliphatic rings. The molecular weight excluding hydrogens is 512 g/mol. The first kappa shape index (κ1) is 26.4. The molecule has 0 bridgehead atoms. The minimum atomic E-state index is -0.321. The number of rotatable bonds is 6. The molecule has 1 aliphatic heterocycles. The van der Waals surface area contributed by atoms with Crippen LogP contribution in [-0.4, -0.2) is 58.7 Å². The van der Waals surface area contributed by atoms with E-state index in [1.807, 2.05) is 77.7 Å². The molecule has 6 rings (SSSR count). The number of hydrogen-bond donors (Lipinski definition) is 1. The topological polar surface area (TPSA) is 86.1 Å². The number of aromatic nitrogens is 2. The Bertz CT molecular complexity index is 1760. The minimum absolute atomic E-state index is 0.0161. The second-order valence-corrected chi connectivity index (χ2v) is 10.6. The Hall–Kier alpha value is -4.82. The number of benzene rings is 4. The number of carbonyl (C=O) groups excluding carboxylic acids is 1. The number of nitrogens with zero attached hydrogens (tertiary/aromatic N) is 5. The van der Waals surface area contributed by atoms with Crippen molar-refractivity contribution in [3.63, 3.8) is 0 Å². The number of fused-ring (bicyclic) bond motifs is 1. The van der Waals surface area contributed by atoms with Gasteiger partial charge in [0.1, 0.15) is 0 Å². The smallest absolute Gasteiger partial charge is 0.299 e. The molecule has 4 aromatic carbocycles. The van der Waals surface area contributed by atoms with Gasteiger partial charge in [-0.05, 0) is 74.1 Å². The Morgan fingerprint density at radius 2 is 1.51 bits per heavy atom. The average molecular weight is 545 g/mol. The van der Waals surface area contributed by atoms with Crippen molar-refractivity contribution in [2.75, 3.05) is 27.2 Å². The number of carbonyl (C=O) groups is 1. The minimum Gasteiger partial charge on any atom is -0.339 e. The van der Waals surface area contributed by atoms with Gasteiger partial charge in [-0.25, -0.2) is 4.68 Å². The average Bonchev–Trinajstić information content (AvgIpc) is 3.35. The van der Waals surface area contributed by atoms with E-state index < -0.39 is 0 Å². The van der Waals surface area contributed by atoms with Crippen molar-refractivity contribution in [2.45, 2.75) is 18.9 Å². The van der Waals surface area contributed by atoms with Crippen LogP contribution < -0.4 is 5.56 Å². The number of hydrogen-bond acceptors (Lipinski definition) is 5. The van der Waals surface area contributed by atoms with Crippen molar-refractivity contribution in [1.29, 1.82) is 0 Å². The van der Waals surface area contributed by atoms with Gasteiger partial charge < -0.3 is 9.80 Å². The predicted octanol–water partition coefficient (Wildman–Crippen LogP) is 6.57. The molecule has 0 spiro atoms. The molecule has 5 aromatic rings. The molecule has 1 aromatic heterocycles. The lowest BCUT2D eigenvalue weighted by molar-refractivity contribution is 0.0663. The summed E-state index contributed by atoms with van der Waals surface area (Å²) in [4.78, 5) is 30.9. The molecule has 1 fully saturated rings. The fourth-order valence-electron chi connectivity index (χ4n) is 5.38. The number of likely N-dealkylation sites (tertiary alicyclic amines) is 1. The fourth-order valence-corrected chi connectivity index (χ4v) is 5.38. The van der Waals surface area contributed by atoms with Gasteiger partial charge in [-0.2, -0.15) is 5.11 Å². The second-order valence-electron chi connectivity index (χ2n) is 10.6. The summed E-state index contributed by atoms with van der Waals surface area (Å²) in [5.74, 6) is 0.0161. The Morgan fingerprint density at radius 1 is 0.829 bits per heavy atom. The van der Waals surface area contributed by atoms with E-state index >= 15 is 0 Å². The van der Waals surface area contributed by atoms with Gasteiger partial charge in [0.15, 0.2) is 5.69 Å². The number of nitrogens with one attached hydrogen (secondary N) is 1. The summed E-state index contributed by atoms with van der Waals surface area (Å²) in [5, 5.41) is 14.2.